The summed E-state index contributed by atoms with van der Waals surface area (Å²) < 4.78 is 25.8. The molecule has 2 rings (SSSR count). The first-order valence-corrected chi connectivity index (χ1v) is 6.98. The molecule has 17 heavy (non-hydrogen) atoms. The van der Waals surface area contributed by atoms with Crippen LogP contribution in [-0.4, -0.2) is 41.5 Å². The highest BCUT2D eigenvalue weighted by Crippen LogP contribution is 2.25. The molecule has 1 aliphatic rings. The molecule has 0 amide bonds. The Morgan fingerprint density at radius 2 is 2.29 bits per heavy atom. The van der Waals surface area contributed by atoms with E-state index in [1.807, 2.05) is 0 Å². The summed E-state index contributed by atoms with van der Waals surface area (Å²) in [5.74, 6) is 0. The van der Waals surface area contributed by atoms with Gasteiger partial charge in [-0.05, 0) is 31.9 Å². The van der Waals surface area contributed by atoms with Crippen LogP contribution >= 0.6 is 0 Å². The summed E-state index contributed by atoms with van der Waals surface area (Å²) in [6.07, 6.45) is 4.17. The van der Waals surface area contributed by atoms with Crippen molar-refractivity contribution in [1.82, 2.24) is 9.29 Å². The number of aliphatic hydroxyl groups is 1. The highest BCUT2D eigenvalue weighted by molar-refractivity contribution is 7.89. The van der Waals surface area contributed by atoms with Crippen LogP contribution in [0.25, 0.3) is 0 Å². The molecule has 1 fully saturated rings. The molecule has 1 saturated heterocycles. The van der Waals surface area contributed by atoms with Gasteiger partial charge in [0.05, 0.1) is 5.60 Å². The monoisotopic (exact) mass is 256 g/mol. The van der Waals surface area contributed by atoms with Gasteiger partial charge in [-0.1, -0.05) is 0 Å². The van der Waals surface area contributed by atoms with E-state index in [0.717, 1.165) is 0 Å². The minimum Gasteiger partial charge on any atom is -0.389 e. The van der Waals surface area contributed by atoms with Crippen LogP contribution in [0.15, 0.2) is 29.4 Å². The molecule has 1 aromatic rings. The van der Waals surface area contributed by atoms with Gasteiger partial charge in [-0.25, -0.2) is 8.42 Å². The molecular formula is C11H16N2O3S. The number of hydrogen-bond acceptors (Lipinski definition) is 4. The summed E-state index contributed by atoms with van der Waals surface area (Å²) in [4.78, 5) is 3.99. The van der Waals surface area contributed by atoms with E-state index in [-0.39, 0.29) is 11.4 Å². The second-order valence-electron chi connectivity index (χ2n) is 4.63. The maximum atomic E-state index is 12.2. The summed E-state index contributed by atoms with van der Waals surface area (Å²) in [6.45, 7) is 2.26. The smallest absolute Gasteiger partial charge is 0.244 e. The van der Waals surface area contributed by atoms with Gasteiger partial charge in [0.2, 0.25) is 10.0 Å². The summed E-state index contributed by atoms with van der Waals surface area (Å²) in [5, 5.41) is 9.93. The minimum absolute atomic E-state index is 0.143. The van der Waals surface area contributed by atoms with Gasteiger partial charge < -0.3 is 5.11 Å². The molecule has 1 N–H and O–H groups in total. The van der Waals surface area contributed by atoms with E-state index in [1.54, 1.807) is 13.0 Å². The fourth-order valence-corrected chi connectivity index (χ4v) is 3.59. The Hall–Kier alpha value is -0.980. The Labute approximate surface area is 101 Å². The molecule has 1 atom stereocenters. The summed E-state index contributed by atoms with van der Waals surface area (Å²) in [6, 6.07) is 3.11. The zero-order valence-corrected chi connectivity index (χ0v) is 10.5. The Morgan fingerprint density at radius 3 is 2.88 bits per heavy atom. The van der Waals surface area contributed by atoms with Gasteiger partial charge in [0.25, 0.3) is 0 Å². The largest absolute Gasteiger partial charge is 0.389 e. The Morgan fingerprint density at radius 1 is 1.53 bits per heavy atom. The molecule has 5 nitrogen and oxygen atoms in total. The highest BCUT2D eigenvalue weighted by atomic mass is 32.2. The van der Waals surface area contributed by atoms with Crippen molar-refractivity contribution in [2.24, 2.45) is 0 Å². The van der Waals surface area contributed by atoms with Crippen LogP contribution in [0.1, 0.15) is 19.8 Å². The van der Waals surface area contributed by atoms with Crippen molar-refractivity contribution in [1.29, 1.82) is 0 Å². The number of pyridine rings is 1. The zero-order valence-electron chi connectivity index (χ0n) is 9.70. The lowest BCUT2D eigenvalue weighted by molar-refractivity contribution is 0.00939. The average molecular weight is 256 g/mol. The Bertz CT molecular complexity index is 485. The van der Waals surface area contributed by atoms with E-state index >= 15 is 0 Å². The molecule has 1 aliphatic heterocycles. The first-order valence-electron chi connectivity index (χ1n) is 5.54. The van der Waals surface area contributed by atoms with Gasteiger partial charge in [0.1, 0.15) is 4.90 Å². The SMILES string of the molecule is CC1(O)CCCN(S(=O)(=O)c2cccnc2)C1. The lowest BCUT2D eigenvalue weighted by Crippen LogP contribution is -2.48. The Balaban J connectivity index is 2.28. The molecule has 94 valence electrons. The van der Waals surface area contributed by atoms with Gasteiger partial charge in [-0.15, -0.1) is 0 Å². The molecule has 1 aromatic heterocycles. The second-order valence-corrected chi connectivity index (χ2v) is 6.57. The Kier molecular flexibility index (Phi) is 3.20. The van der Waals surface area contributed by atoms with Crippen molar-refractivity contribution in [3.8, 4) is 0 Å². The van der Waals surface area contributed by atoms with Crippen LogP contribution in [0.3, 0.4) is 0 Å². The van der Waals surface area contributed by atoms with Crippen LogP contribution in [-0.2, 0) is 10.0 Å². The zero-order chi connectivity index (χ0) is 12.5. The predicted molar refractivity (Wildman–Crippen MR) is 62.9 cm³/mol. The average Bonchev–Trinajstić information content (AvgIpc) is 2.29. The van der Waals surface area contributed by atoms with Crippen LogP contribution in [0, 0.1) is 0 Å². The minimum atomic E-state index is -3.52. The number of piperidine rings is 1. The van der Waals surface area contributed by atoms with E-state index in [9.17, 15) is 13.5 Å². The van der Waals surface area contributed by atoms with Gasteiger partial charge in [0.15, 0.2) is 0 Å². The third-order valence-electron chi connectivity index (χ3n) is 2.91. The van der Waals surface area contributed by atoms with Gasteiger partial charge >= 0.3 is 0 Å². The molecule has 0 bridgehead atoms. The lowest BCUT2D eigenvalue weighted by Gasteiger charge is -2.35. The van der Waals surface area contributed by atoms with Crippen molar-refractivity contribution >= 4 is 10.0 Å². The molecule has 1 unspecified atom stereocenters. The summed E-state index contributed by atoms with van der Waals surface area (Å²) in [5.41, 5.74) is -0.937. The molecule has 0 spiro atoms. The maximum absolute atomic E-state index is 12.2. The standard InChI is InChI=1S/C11H16N2O3S/c1-11(14)5-3-7-13(9-11)17(15,16)10-4-2-6-12-8-10/h2,4,6,8,14H,3,5,7,9H2,1H3. The van der Waals surface area contributed by atoms with Crippen molar-refractivity contribution in [3.05, 3.63) is 24.5 Å². The molecule has 2 heterocycles. The second kappa shape index (κ2) is 4.36. The summed E-state index contributed by atoms with van der Waals surface area (Å²) >= 11 is 0. The van der Waals surface area contributed by atoms with E-state index < -0.39 is 15.6 Å². The number of nitrogens with zero attached hydrogens (tertiary/aromatic N) is 2. The third-order valence-corrected chi connectivity index (χ3v) is 4.74. The highest BCUT2D eigenvalue weighted by Gasteiger charge is 2.35. The van der Waals surface area contributed by atoms with Crippen molar-refractivity contribution in [3.63, 3.8) is 0 Å². The van der Waals surface area contributed by atoms with Crippen LogP contribution < -0.4 is 0 Å². The van der Waals surface area contributed by atoms with Crippen molar-refractivity contribution in [2.75, 3.05) is 13.1 Å². The topological polar surface area (TPSA) is 70.5 Å². The normalized spacial score (nSPS) is 26.9. The van der Waals surface area contributed by atoms with E-state index in [2.05, 4.69) is 4.98 Å². The van der Waals surface area contributed by atoms with Gasteiger partial charge in [-0.2, -0.15) is 4.31 Å². The quantitative estimate of drug-likeness (QED) is 0.842. The van der Waals surface area contributed by atoms with E-state index in [0.29, 0.717) is 19.4 Å². The molecule has 0 aromatic carbocycles. The molecule has 0 radical (unpaired) electrons. The van der Waals surface area contributed by atoms with Gasteiger partial charge in [0, 0.05) is 25.5 Å². The van der Waals surface area contributed by atoms with E-state index in [4.69, 9.17) is 0 Å². The van der Waals surface area contributed by atoms with Crippen molar-refractivity contribution < 1.29 is 13.5 Å². The first kappa shape index (κ1) is 12.5. The first-order chi connectivity index (χ1) is 7.92. The molecule has 0 saturated carbocycles. The predicted octanol–water partition coefficient (Wildman–Crippen LogP) is 0.617. The number of hydrogen-bond donors (Lipinski definition) is 1. The fraction of sp³-hybridized carbons (Fsp3) is 0.545. The molecule has 6 heteroatoms. The van der Waals surface area contributed by atoms with Gasteiger partial charge in [-0.3, -0.25) is 4.98 Å². The van der Waals surface area contributed by atoms with Crippen LogP contribution in [0.5, 0.6) is 0 Å². The molecule has 0 aliphatic carbocycles. The number of rotatable bonds is 2. The fourth-order valence-electron chi connectivity index (χ4n) is 2.03. The van der Waals surface area contributed by atoms with Crippen LogP contribution in [0.4, 0.5) is 0 Å². The van der Waals surface area contributed by atoms with E-state index in [1.165, 1.54) is 22.8 Å². The number of sulfonamides is 1. The summed E-state index contributed by atoms with van der Waals surface area (Å²) in [7, 11) is -3.52. The third kappa shape index (κ3) is 2.65. The molecular weight excluding hydrogens is 240 g/mol. The van der Waals surface area contributed by atoms with Crippen LogP contribution in [0.2, 0.25) is 0 Å². The number of β-amino-alcohol motifs (C(OH)–C–C–N with tert-alkyl or cyclic N) is 1. The maximum Gasteiger partial charge on any atom is 0.244 e. The number of aromatic nitrogens is 1. The lowest BCUT2D eigenvalue weighted by atomic mass is 9.97. The van der Waals surface area contributed by atoms with Crippen molar-refractivity contribution in [2.45, 2.75) is 30.3 Å².